The van der Waals surface area contributed by atoms with Crippen molar-refractivity contribution in [2.75, 3.05) is 32.8 Å². The molecule has 2 aliphatic rings. The average Bonchev–Trinajstić information content (AvgIpc) is 2.51. The van der Waals surface area contributed by atoms with E-state index in [-0.39, 0.29) is 5.54 Å². The summed E-state index contributed by atoms with van der Waals surface area (Å²) in [4.78, 5) is 0. The fourth-order valence-corrected chi connectivity index (χ4v) is 3.11. The van der Waals surface area contributed by atoms with Crippen LogP contribution in [0.15, 0.2) is 0 Å². The molecule has 0 aromatic rings. The van der Waals surface area contributed by atoms with Gasteiger partial charge in [0.2, 0.25) is 0 Å². The zero-order valence-corrected chi connectivity index (χ0v) is 12.0. The fraction of sp³-hybridized carbons (Fsp3) is 1.00. The lowest BCUT2D eigenvalue weighted by Crippen LogP contribution is -2.60. The number of morpholine rings is 1. The van der Waals surface area contributed by atoms with E-state index in [1.54, 1.807) is 0 Å². The summed E-state index contributed by atoms with van der Waals surface area (Å²) in [5.41, 5.74) is 10.4. The highest BCUT2D eigenvalue weighted by molar-refractivity contribution is 4.93. The molecule has 1 saturated heterocycles. The number of rotatable bonds is 3. The van der Waals surface area contributed by atoms with Crippen molar-refractivity contribution in [3.8, 4) is 0 Å². The van der Waals surface area contributed by atoms with E-state index in [4.69, 9.17) is 10.5 Å². The summed E-state index contributed by atoms with van der Waals surface area (Å²) < 4.78 is 5.40. The van der Waals surface area contributed by atoms with Gasteiger partial charge in [0.15, 0.2) is 0 Å². The van der Waals surface area contributed by atoms with Gasteiger partial charge in [-0.2, -0.15) is 0 Å². The van der Waals surface area contributed by atoms with Gasteiger partial charge in [0.1, 0.15) is 0 Å². The quantitative estimate of drug-likeness (QED) is 0.751. The van der Waals surface area contributed by atoms with Crippen LogP contribution in [-0.4, -0.2) is 43.4 Å². The molecule has 1 aliphatic heterocycles. The maximum absolute atomic E-state index is 6.09. The van der Waals surface area contributed by atoms with Gasteiger partial charge in [-0.25, -0.2) is 10.4 Å². The number of nitrogens with two attached hydrogens (primary N) is 1. The SMILES string of the molecule is CC1(C)CCCC(CN)(NN2CCOCC2)CC1. The average molecular weight is 255 g/mol. The zero-order chi connectivity index (χ0) is 13.1. The summed E-state index contributed by atoms with van der Waals surface area (Å²) in [5, 5.41) is 2.31. The van der Waals surface area contributed by atoms with Gasteiger partial charge in [-0.05, 0) is 31.1 Å². The Bertz CT molecular complexity index is 264. The monoisotopic (exact) mass is 255 g/mol. The maximum atomic E-state index is 6.09. The van der Waals surface area contributed by atoms with Crippen molar-refractivity contribution in [2.24, 2.45) is 11.1 Å². The van der Waals surface area contributed by atoms with Gasteiger partial charge in [-0.3, -0.25) is 0 Å². The van der Waals surface area contributed by atoms with Crippen molar-refractivity contribution in [3.05, 3.63) is 0 Å². The second-order valence-electron chi connectivity index (χ2n) is 6.71. The van der Waals surface area contributed by atoms with Gasteiger partial charge in [0.05, 0.1) is 13.2 Å². The molecule has 1 saturated carbocycles. The minimum absolute atomic E-state index is 0.116. The Balaban J connectivity index is 1.96. The van der Waals surface area contributed by atoms with Crippen LogP contribution in [0.1, 0.15) is 46.0 Å². The van der Waals surface area contributed by atoms with Crippen LogP contribution < -0.4 is 11.2 Å². The predicted octanol–water partition coefficient (Wildman–Crippen LogP) is 1.51. The van der Waals surface area contributed by atoms with Gasteiger partial charge in [0.25, 0.3) is 0 Å². The molecule has 0 radical (unpaired) electrons. The topological polar surface area (TPSA) is 50.5 Å². The van der Waals surface area contributed by atoms with Gasteiger partial charge < -0.3 is 10.5 Å². The van der Waals surface area contributed by atoms with Crippen LogP contribution in [0.5, 0.6) is 0 Å². The number of hydrazine groups is 1. The normalized spacial score (nSPS) is 34.2. The third-order valence-electron chi connectivity index (χ3n) is 4.59. The lowest BCUT2D eigenvalue weighted by Gasteiger charge is -2.40. The summed E-state index contributed by atoms with van der Waals surface area (Å²) in [6, 6.07) is 0. The van der Waals surface area contributed by atoms with E-state index in [1.165, 1.54) is 32.1 Å². The van der Waals surface area contributed by atoms with Crippen molar-refractivity contribution in [3.63, 3.8) is 0 Å². The van der Waals surface area contributed by atoms with E-state index in [9.17, 15) is 0 Å². The number of nitrogens with one attached hydrogen (secondary N) is 1. The fourth-order valence-electron chi connectivity index (χ4n) is 3.11. The second kappa shape index (κ2) is 5.87. The molecule has 1 aliphatic carbocycles. The number of nitrogens with zero attached hydrogens (tertiary/aromatic N) is 1. The Morgan fingerprint density at radius 3 is 2.50 bits per heavy atom. The molecule has 4 heteroatoms. The first kappa shape index (κ1) is 14.3. The molecule has 0 aromatic heterocycles. The molecule has 0 spiro atoms. The van der Waals surface area contributed by atoms with E-state index >= 15 is 0 Å². The number of hydrogen-bond acceptors (Lipinski definition) is 4. The number of ether oxygens (including phenoxy) is 1. The minimum atomic E-state index is 0.116. The summed E-state index contributed by atoms with van der Waals surface area (Å²) in [6.45, 7) is 9.12. The summed E-state index contributed by atoms with van der Waals surface area (Å²) >= 11 is 0. The highest BCUT2D eigenvalue weighted by Gasteiger charge is 2.36. The molecule has 106 valence electrons. The summed E-state index contributed by atoms with van der Waals surface area (Å²) in [7, 11) is 0. The molecule has 1 atom stereocenters. The first-order valence-electron chi connectivity index (χ1n) is 7.36. The van der Waals surface area contributed by atoms with Gasteiger partial charge in [-0.15, -0.1) is 0 Å². The standard InChI is InChI=1S/C14H29N3O/c1-13(2)4-3-5-14(12-15,7-6-13)16-17-8-10-18-11-9-17/h16H,3-12,15H2,1-2H3. The smallest absolute Gasteiger partial charge is 0.0608 e. The Morgan fingerprint density at radius 1 is 1.11 bits per heavy atom. The second-order valence-corrected chi connectivity index (χ2v) is 6.71. The van der Waals surface area contributed by atoms with E-state index < -0.39 is 0 Å². The van der Waals surface area contributed by atoms with Crippen LogP contribution >= 0.6 is 0 Å². The molecule has 0 bridgehead atoms. The van der Waals surface area contributed by atoms with E-state index in [1.807, 2.05) is 0 Å². The largest absolute Gasteiger partial charge is 0.379 e. The first-order valence-corrected chi connectivity index (χ1v) is 7.36. The predicted molar refractivity (Wildman–Crippen MR) is 74.2 cm³/mol. The van der Waals surface area contributed by atoms with Crippen LogP contribution in [0.3, 0.4) is 0 Å². The zero-order valence-electron chi connectivity index (χ0n) is 12.0. The van der Waals surface area contributed by atoms with Crippen molar-refractivity contribution < 1.29 is 4.74 Å². The lowest BCUT2D eigenvalue weighted by molar-refractivity contribution is -0.0149. The third kappa shape index (κ3) is 3.67. The molecule has 1 heterocycles. The van der Waals surface area contributed by atoms with Crippen molar-refractivity contribution >= 4 is 0 Å². The van der Waals surface area contributed by atoms with Crippen molar-refractivity contribution in [2.45, 2.75) is 51.5 Å². The number of hydrogen-bond donors (Lipinski definition) is 2. The van der Waals surface area contributed by atoms with E-state index in [2.05, 4.69) is 24.3 Å². The van der Waals surface area contributed by atoms with Crippen LogP contribution in [0.25, 0.3) is 0 Å². The van der Waals surface area contributed by atoms with Crippen molar-refractivity contribution in [1.82, 2.24) is 10.4 Å². The molecule has 1 unspecified atom stereocenters. The minimum Gasteiger partial charge on any atom is -0.379 e. The molecule has 2 rings (SSSR count). The molecular weight excluding hydrogens is 226 g/mol. The molecule has 2 fully saturated rings. The van der Waals surface area contributed by atoms with Crippen LogP contribution in [0.2, 0.25) is 0 Å². The van der Waals surface area contributed by atoms with Crippen molar-refractivity contribution in [1.29, 1.82) is 0 Å². The Hall–Kier alpha value is -0.160. The molecular formula is C14H29N3O. The van der Waals surface area contributed by atoms with E-state index in [0.717, 1.165) is 32.8 Å². The lowest BCUT2D eigenvalue weighted by atomic mass is 9.83. The van der Waals surface area contributed by atoms with Gasteiger partial charge >= 0.3 is 0 Å². The maximum Gasteiger partial charge on any atom is 0.0608 e. The molecule has 0 aromatic carbocycles. The van der Waals surface area contributed by atoms with E-state index in [0.29, 0.717) is 5.41 Å². The van der Waals surface area contributed by atoms with Crippen LogP contribution in [0, 0.1) is 5.41 Å². The Labute approximate surface area is 111 Å². The molecule has 18 heavy (non-hydrogen) atoms. The van der Waals surface area contributed by atoms with Crippen LogP contribution in [-0.2, 0) is 4.74 Å². The third-order valence-corrected chi connectivity index (χ3v) is 4.59. The highest BCUT2D eigenvalue weighted by Crippen LogP contribution is 2.37. The van der Waals surface area contributed by atoms with Crippen LogP contribution in [0.4, 0.5) is 0 Å². The first-order chi connectivity index (χ1) is 8.55. The summed E-state index contributed by atoms with van der Waals surface area (Å²) in [5.74, 6) is 0. The Morgan fingerprint density at radius 2 is 1.83 bits per heavy atom. The molecule has 0 amide bonds. The van der Waals surface area contributed by atoms with Gasteiger partial charge in [-0.1, -0.05) is 20.3 Å². The van der Waals surface area contributed by atoms with Gasteiger partial charge in [0, 0.05) is 25.2 Å². The molecule has 4 nitrogen and oxygen atoms in total. The summed E-state index contributed by atoms with van der Waals surface area (Å²) in [6.07, 6.45) is 6.25. The highest BCUT2D eigenvalue weighted by atomic mass is 16.5. The molecule has 3 N–H and O–H groups in total. The Kier molecular flexibility index (Phi) is 4.64.